The van der Waals surface area contributed by atoms with Crippen LogP contribution < -0.4 is 10.6 Å². The molecule has 102 valence electrons. The predicted molar refractivity (Wildman–Crippen MR) is 77.7 cm³/mol. The molecule has 20 heavy (non-hydrogen) atoms. The van der Waals surface area contributed by atoms with Crippen LogP contribution in [0.1, 0.15) is 27.4 Å². The minimum atomic E-state index is -0.118. The predicted octanol–water partition coefficient (Wildman–Crippen LogP) is 1.88. The molecule has 0 spiro atoms. The highest BCUT2D eigenvalue weighted by atomic mass is 16.2. The lowest BCUT2D eigenvalue weighted by Gasteiger charge is -2.28. The van der Waals surface area contributed by atoms with Crippen LogP contribution in [-0.4, -0.2) is 22.4 Å². The number of nitrogens with zero attached hydrogens (tertiary/aromatic N) is 3. The number of anilines is 2. The Kier molecular flexibility index (Phi) is 2.89. The summed E-state index contributed by atoms with van der Waals surface area (Å²) in [6.45, 7) is 4.42. The zero-order valence-electron chi connectivity index (χ0n) is 11.6. The van der Waals surface area contributed by atoms with Crippen LogP contribution in [0.2, 0.25) is 0 Å². The molecule has 0 atom stereocenters. The highest BCUT2D eigenvalue weighted by molar-refractivity contribution is 6.10. The Labute approximate surface area is 117 Å². The molecule has 2 heterocycles. The topological polar surface area (TPSA) is 72.1 Å². The number of amides is 1. The van der Waals surface area contributed by atoms with E-state index >= 15 is 0 Å². The first-order valence-electron chi connectivity index (χ1n) is 6.58. The van der Waals surface area contributed by atoms with E-state index in [1.54, 1.807) is 11.8 Å². The summed E-state index contributed by atoms with van der Waals surface area (Å²) in [5.41, 5.74) is 9.14. The molecule has 0 saturated carbocycles. The number of hydrogen-bond donors (Lipinski definition) is 1. The summed E-state index contributed by atoms with van der Waals surface area (Å²) < 4.78 is 0. The number of nitrogen functional groups attached to an aromatic ring is 1. The summed E-state index contributed by atoms with van der Waals surface area (Å²) in [7, 11) is 0. The summed E-state index contributed by atoms with van der Waals surface area (Å²) in [5.74, 6) is 0.764. The van der Waals surface area contributed by atoms with E-state index < -0.39 is 0 Å². The van der Waals surface area contributed by atoms with E-state index in [4.69, 9.17) is 5.73 Å². The first-order valence-corrected chi connectivity index (χ1v) is 6.58. The second-order valence-electron chi connectivity index (χ2n) is 5.02. The minimum absolute atomic E-state index is 0.118. The molecular formula is C15H16N4O. The van der Waals surface area contributed by atoms with E-state index in [1.807, 2.05) is 31.2 Å². The van der Waals surface area contributed by atoms with Crippen LogP contribution >= 0.6 is 0 Å². The van der Waals surface area contributed by atoms with Crippen molar-refractivity contribution in [2.75, 3.05) is 17.2 Å². The number of rotatable bonds is 1. The highest BCUT2D eigenvalue weighted by Gasteiger charge is 2.29. The molecule has 1 aromatic heterocycles. The molecule has 1 aliphatic heterocycles. The second-order valence-corrected chi connectivity index (χ2v) is 5.02. The molecule has 0 bridgehead atoms. The van der Waals surface area contributed by atoms with Crippen LogP contribution in [-0.2, 0) is 6.42 Å². The first-order chi connectivity index (χ1) is 9.56. The van der Waals surface area contributed by atoms with Gasteiger partial charge in [-0.05, 0) is 26.0 Å². The number of carbonyl (C=O) groups excluding carboxylic acids is 1. The van der Waals surface area contributed by atoms with Crippen molar-refractivity contribution in [3.05, 3.63) is 46.9 Å². The minimum Gasteiger partial charge on any atom is -0.383 e. The summed E-state index contributed by atoms with van der Waals surface area (Å²) >= 11 is 0. The van der Waals surface area contributed by atoms with Gasteiger partial charge in [0.05, 0.1) is 5.69 Å². The second kappa shape index (κ2) is 4.59. The van der Waals surface area contributed by atoms with Crippen molar-refractivity contribution in [2.45, 2.75) is 20.3 Å². The van der Waals surface area contributed by atoms with Crippen molar-refractivity contribution in [2.24, 2.45) is 0 Å². The molecule has 0 aliphatic carbocycles. The van der Waals surface area contributed by atoms with Gasteiger partial charge in [0, 0.05) is 18.7 Å². The van der Waals surface area contributed by atoms with Gasteiger partial charge < -0.3 is 10.6 Å². The van der Waals surface area contributed by atoms with Gasteiger partial charge in [-0.1, -0.05) is 17.7 Å². The largest absolute Gasteiger partial charge is 0.383 e. The maximum Gasteiger partial charge on any atom is 0.263 e. The van der Waals surface area contributed by atoms with Crippen molar-refractivity contribution in [3.8, 4) is 0 Å². The van der Waals surface area contributed by atoms with E-state index in [0.717, 1.165) is 16.9 Å². The number of carbonyl (C=O) groups is 1. The maximum absolute atomic E-state index is 12.6. The summed E-state index contributed by atoms with van der Waals surface area (Å²) in [6, 6.07) is 7.88. The quantitative estimate of drug-likeness (QED) is 0.857. The van der Waals surface area contributed by atoms with Gasteiger partial charge in [-0.3, -0.25) is 4.79 Å². The molecule has 1 aliphatic rings. The van der Waals surface area contributed by atoms with E-state index in [9.17, 15) is 4.79 Å². The number of aryl methyl sites for hydroxylation is 2. The van der Waals surface area contributed by atoms with Crippen molar-refractivity contribution < 1.29 is 4.79 Å². The molecule has 0 unspecified atom stereocenters. The normalized spacial score (nSPS) is 14.3. The Morgan fingerprint density at radius 2 is 1.85 bits per heavy atom. The lowest BCUT2D eigenvalue weighted by molar-refractivity contribution is 0.0980. The van der Waals surface area contributed by atoms with Gasteiger partial charge in [-0.2, -0.15) is 0 Å². The highest BCUT2D eigenvalue weighted by Crippen LogP contribution is 2.26. The number of hydrogen-bond acceptors (Lipinski definition) is 4. The van der Waals surface area contributed by atoms with Gasteiger partial charge in [-0.25, -0.2) is 9.97 Å². The van der Waals surface area contributed by atoms with Crippen molar-refractivity contribution >= 4 is 17.4 Å². The fourth-order valence-corrected chi connectivity index (χ4v) is 2.49. The molecule has 3 rings (SSSR count). The van der Waals surface area contributed by atoms with Crippen molar-refractivity contribution in [1.82, 2.24) is 9.97 Å². The Hall–Kier alpha value is -2.43. The molecule has 5 heteroatoms. The lowest BCUT2D eigenvalue weighted by atomic mass is 10.0. The van der Waals surface area contributed by atoms with E-state index in [0.29, 0.717) is 24.4 Å². The standard InChI is InChI=1S/C15H16N4O/c1-9-3-5-11(6-4-9)19-8-7-12-13(15(19)20)14(16)18-10(2)17-12/h3-6H,7-8H2,1-2H3,(H2,16,17,18). The number of aromatic nitrogens is 2. The molecule has 0 saturated heterocycles. The summed E-state index contributed by atoms with van der Waals surface area (Å²) in [5, 5.41) is 0. The third-order valence-electron chi connectivity index (χ3n) is 3.50. The molecule has 5 nitrogen and oxygen atoms in total. The molecule has 0 fully saturated rings. The average Bonchev–Trinajstić information content (AvgIpc) is 2.39. The SMILES string of the molecule is Cc1ccc(N2CCc3nc(C)nc(N)c3C2=O)cc1. The fraction of sp³-hybridized carbons (Fsp3) is 0.267. The van der Waals surface area contributed by atoms with E-state index in [1.165, 1.54) is 0 Å². The summed E-state index contributed by atoms with van der Waals surface area (Å²) in [6.07, 6.45) is 0.697. The lowest BCUT2D eigenvalue weighted by Crippen LogP contribution is -2.39. The molecule has 2 aromatic rings. The third kappa shape index (κ3) is 2.01. The van der Waals surface area contributed by atoms with Gasteiger partial charge in [0.25, 0.3) is 5.91 Å². The smallest absolute Gasteiger partial charge is 0.263 e. The van der Waals surface area contributed by atoms with Gasteiger partial charge in [0.15, 0.2) is 0 Å². The molecule has 2 N–H and O–H groups in total. The van der Waals surface area contributed by atoms with Crippen LogP contribution in [0.15, 0.2) is 24.3 Å². The number of fused-ring (bicyclic) bond motifs is 1. The van der Waals surface area contributed by atoms with Crippen LogP contribution in [0, 0.1) is 13.8 Å². The monoisotopic (exact) mass is 268 g/mol. The molecule has 0 radical (unpaired) electrons. The first kappa shape index (κ1) is 12.6. The summed E-state index contributed by atoms with van der Waals surface area (Å²) in [4.78, 5) is 22.8. The van der Waals surface area contributed by atoms with Crippen LogP contribution in [0.5, 0.6) is 0 Å². The zero-order valence-corrected chi connectivity index (χ0v) is 11.6. The van der Waals surface area contributed by atoms with Gasteiger partial charge in [0.1, 0.15) is 17.2 Å². The van der Waals surface area contributed by atoms with Crippen molar-refractivity contribution in [1.29, 1.82) is 0 Å². The van der Waals surface area contributed by atoms with Crippen molar-refractivity contribution in [3.63, 3.8) is 0 Å². The number of benzene rings is 1. The van der Waals surface area contributed by atoms with E-state index in [2.05, 4.69) is 9.97 Å². The Morgan fingerprint density at radius 3 is 2.55 bits per heavy atom. The molecule has 1 amide bonds. The zero-order chi connectivity index (χ0) is 14.3. The van der Waals surface area contributed by atoms with Gasteiger partial charge >= 0.3 is 0 Å². The Balaban J connectivity index is 2.03. The van der Waals surface area contributed by atoms with Gasteiger partial charge in [-0.15, -0.1) is 0 Å². The van der Waals surface area contributed by atoms with E-state index in [-0.39, 0.29) is 11.7 Å². The van der Waals surface area contributed by atoms with Gasteiger partial charge in [0.2, 0.25) is 0 Å². The van der Waals surface area contributed by atoms with Crippen LogP contribution in [0.4, 0.5) is 11.5 Å². The third-order valence-corrected chi connectivity index (χ3v) is 3.50. The fourth-order valence-electron chi connectivity index (χ4n) is 2.49. The molecular weight excluding hydrogens is 252 g/mol. The molecule has 1 aromatic carbocycles. The average molecular weight is 268 g/mol. The Bertz CT molecular complexity index is 679. The maximum atomic E-state index is 12.6. The van der Waals surface area contributed by atoms with Crippen LogP contribution in [0.3, 0.4) is 0 Å². The number of nitrogens with two attached hydrogens (primary N) is 1. The Morgan fingerprint density at radius 1 is 1.15 bits per heavy atom. The van der Waals surface area contributed by atoms with Crippen LogP contribution in [0.25, 0.3) is 0 Å².